The number of nitro benzene ring substituents is 1. The number of ether oxygens (including phenoxy) is 2. The fraction of sp³-hybridized carbons (Fsp3) is 0.533. The zero-order valence-electron chi connectivity index (χ0n) is 13.1. The molecule has 1 aliphatic rings. The number of piperidine rings is 1. The maximum absolute atomic E-state index is 11.2. The van der Waals surface area contributed by atoms with Crippen molar-refractivity contribution in [1.82, 2.24) is 4.90 Å². The minimum Gasteiger partial charge on any atom is -0.475 e. The summed E-state index contributed by atoms with van der Waals surface area (Å²) in [6.45, 7) is 1.96. The first-order valence-electron chi connectivity index (χ1n) is 7.44. The average Bonchev–Trinajstić information content (AvgIpc) is 2.53. The number of nitrogens with two attached hydrogens (primary N) is 1. The zero-order valence-corrected chi connectivity index (χ0v) is 13.1. The largest absolute Gasteiger partial charge is 0.475 e. The van der Waals surface area contributed by atoms with E-state index in [2.05, 4.69) is 9.64 Å². The molecule has 8 heteroatoms. The number of rotatable bonds is 6. The summed E-state index contributed by atoms with van der Waals surface area (Å²) in [5, 5.41) is 11.2. The van der Waals surface area contributed by atoms with Crippen LogP contribution in [0, 0.1) is 10.1 Å². The third-order valence-electron chi connectivity index (χ3n) is 3.74. The summed E-state index contributed by atoms with van der Waals surface area (Å²) >= 11 is 0. The lowest BCUT2D eigenvalue weighted by Crippen LogP contribution is -2.42. The van der Waals surface area contributed by atoms with Crippen LogP contribution in [-0.4, -0.2) is 48.6 Å². The first kappa shape index (κ1) is 17.2. The molecular formula is C15H21N3O5. The van der Waals surface area contributed by atoms with Crippen molar-refractivity contribution in [3.05, 3.63) is 33.9 Å². The van der Waals surface area contributed by atoms with Gasteiger partial charge in [-0.05, 0) is 31.0 Å². The van der Waals surface area contributed by atoms with Crippen LogP contribution in [0.4, 0.5) is 5.69 Å². The van der Waals surface area contributed by atoms with E-state index in [0.717, 1.165) is 31.5 Å². The normalized spacial score (nSPS) is 18.4. The second kappa shape index (κ2) is 7.89. The molecule has 1 saturated heterocycles. The van der Waals surface area contributed by atoms with Gasteiger partial charge in [-0.2, -0.15) is 0 Å². The molecule has 2 N–H and O–H groups in total. The summed E-state index contributed by atoms with van der Waals surface area (Å²) in [6.07, 6.45) is 2.04. The number of hydrogen-bond donors (Lipinski definition) is 1. The number of methoxy groups -OCH3 is 1. The van der Waals surface area contributed by atoms with Gasteiger partial charge in [-0.15, -0.1) is 0 Å². The number of esters is 1. The Morgan fingerprint density at radius 2 is 2.30 bits per heavy atom. The Morgan fingerprint density at radius 3 is 2.96 bits per heavy atom. The molecular weight excluding hydrogens is 302 g/mol. The lowest BCUT2D eigenvalue weighted by Gasteiger charge is -2.30. The third kappa shape index (κ3) is 4.90. The molecule has 1 unspecified atom stereocenters. The maximum atomic E-state index is 11.2. The van der Waals surface area contributed by atoms with Gasteiger partial charge in [-0.25, -0.2) is 4.79 Å². The number of likely N-dealkylation sites (tertiary alicyclic amines) is 1. The molecule has 1 aliphatic heterocycles. The fourth-order valence-electron chi connectivity index (χ4n) is 2.61. The van der Waals surface area contributed by atoms with Crippen LogP contribution < -0.4 is 10.5 Å². The van der Waals surface area contributed by atoms with E-state index in [1.54, 1.807) is 6.07 Å². The molecule has 1 atom stereocenters. The summed E-state index contributed by atoms with van der Waals surface area (Å²) in [4.78, 5) is 24.0. The summed E-state index contributed by atoms with van der Waals surface area (Å²) in [5.74, 6) is -0.537. The third-order valence-corrected chi connectivity index (χ3v) is 3.74. The molecule has 0 bridgehead atoms. The van der Waals surface area contributed by atoms with Gasteiger partial charge in [0.15, 0.2) is 12.4 Å². The molecule has 1 aromatic carbocycles. The highest BCUT2D eigenvalue weighted by Gasteiger charge is 2.20. The first-order chi connectivity index (χ1) is 11.0. The molecule has 1 aromatic rings. The Labute approximate surface area is 134 Å². The zero-order chi connectivity index (χ0) is 16.8. The van der Waals surface area contributed by atoms with E-state index in [1.165, 1.54) is 19.2 Å². The van der Waals surface area contributed by atoms with E-state index < -0.39 is 10.9 Å². The van der Waals surface area contributed by atoms with Gasteiger partial charge in [0.1, 0.15) is 0 Å². The molecule has 0 saturated carbocycles. The van der Waals surface area contributed by atoms with Crippen LogP contribution in [0.15, 0.2) is 18.2 Å². The molecule has 126 valence electrons. The lowest BCUT2D eigenvalue weighted by molar-refractivity contribution is -0.385. The van der Waals surface area contributed by atoms with Crippen molar-refractivity contribution in [2.45, 2.75) is 25.4 Å². The summed E-state index contributed by atoms with van der Waals surface area (Å²) < 4.78 is 9.62. The monoisotopic (exact) mass is 323 g/mol. The predicted octanol–water partition coefficient (Wildman–Crippen LogP) is 1.07. The highest BCUT2D eigenvalue weighted by atomic mass is 16.6. The minimum absolute atomic E-state index is 0.0551. The van der Waals surface area contributed by atoms with E-state index in [1.807, 2.05) is 0 Å². The van der Waals surface area contributed by atoms with Gasteiger partial charge in [0, 0.05) is 25.2 Å². The maximum Gasteiger partial charge on any atom is 0.343 e. The van der Waals surface area contributed by atoms with E-state index >= 15 is 0 Å². The highest BCUT2D eigenvalue weighted by molar-refractivity contribution is 5.71. The molecule has 23 heavy (non-hydrogen) atoms. The SMILES string of the molecule is COC(=O)COc1ccc(CN2CCCC(N)C2)cc1[N+](=O)[O-]. The molecule has 1 heterocycles. The number of hydrogen-bond acceptors (Lipinski definition) is 7. The molecule has 0 radical (unpaired) electrons. The topological polar surface area (TPSA) is 108 Å². The Balaban J connectivity index is 2.08. The second-order valence-electron chi connectivity index (χ2n) is 5.56. The van der Waals surface area contributed by atoms with Crippen LogP contribution in [0.3, 0.4) is 0 Å². The van der Waals surface area contributed by atoms with Gasteiger partial charge in [0.2, 0.25) is 0 Å². The van der Waals surface area contributed by atoms with Gasteiger partial charge in [0.05, 0.1) is 12.0 Å². The number of carbonyl (C=O) groups is 1. The number of nitro groups is 1. The molecule has 8 nitrogen and oxygen atoms in total. The van der Waals surface area contributed by atoms with Crippen molar-refractivity contribution < 1.29 is 19.2 Å². The van der Waals surface area contributed by atoms with Gasteiger partial charge >= 0.3 is 11.7 Å². The van der Waals surface area contributed by atoms with E-state index in [9.17, 15) is 14.9 Å². The van der Waals surface area contributed by atoms with E-state index in [-0.39, 0.29) is 24.1 Å². The van der Waals surface area contributed by atoms with E-state index in [4.69, 9.17) is 10.5 Å². The van der Waals surface area contributed by atoms with Crippen molar-refractivity contribution in [2.24, 2.45) is 5.73 Å². The van der Waals surface area contributed by atoms with Crippen LogP contribution in [0.5, 0.6) is 5.75 Å². The molecule has 1 fully saturated rings. The predicted molar refractivity (Wildman–Crippen MR) is 83.1 cm³/mol. The van der Waals surface area contributed by atoms with Crippen molar-refractivity contribution in [3.8, 4) is 5.75 Å². The van der Waals surface area contributed by atoms with Crippen LogP contribution in [0.2, 0.25) is 0 Å². The molecule has 0 aromatic heterocycles. The molecule has 2 rings (SSSR count). The molecule has 0 aliphatic carbocycles. The second-order valence-corrected chi connectivity index (χ2v) is 5.56. The van der Waals surface area contributed by atoms with Crippen molar-refractivity contribution in [2.75, 3.05) is 26.8 Å². The quantitative estimate of drug-likeness (QED) is 0.474. The summed E-state index contributed by atoms with van der Waals surface area (Å²) in [5.41, 5.74) is 6.60. The summed E-state index contributed by atoms with van der Waals surface area (Å²) in [6, 6.07) is 4.91. The average molecular weight is 323 g/mol. The highest BCUT2D eigenvalue weighted by Crippen LogP contribution is 2.28. The van der Waals surface area contributed by atoms with Gasteiger partial charge in [-0.3, -0.25) is 15.0 Å². The van der Waals surface area contributed by atoms with Gasteiger partial charge in [-0.1, -0.05) is 6.07 Å². The smallest absolute Gasteiger partial charge is 0.343 e. The number of benzene rings is 1. The van der Waals surface area contributed by atoms with Crippen molar-refractivity contribution in [1.29, 1.82) is 0 Å². The number of carbonyl (C=O) groups excluding carboxylic acids is 1. The van der Waals surface area contributed by atoms with Crippen LogP contribution in [0.1, 0.15) is 18.4 Å². The fourth-order valence-corrected chi connectivity index (χ4v) is 2.61. The van der Waals surface area contributed by atoms with Gasteiger partial charge < -0.3 is 15.2 Å². The van der Waals surface area contributed by atoms with Crippen LogP contribution >= 0.6 is 0 Å². The molecule has 0 amide bonds. The van der Waals surface area contributed by atoms with Crippen molar-refractivity contribution >= 4 is 11.7 Å². The Hall–Kier alpha value is -2.19. The Bertz CT molecular complexity index is 578. The molecule has 0 spiro atoms. The number of nitrogens with zero attached hydrogens (tertiary/aromatic N) is 2. The lowest BCUT2D eigenvalue weighted by atomic mass is 10.1. The Kier molecular flexibility index (Phi) is 5.89. The Morgan fingerprint density at radius 1 is 1.52 bits per heavy atom. The summed E-state index contributed by atoms with van der Waals surface area (Å²) in [7, 11) is 1.23. The standard InChI is InChI=1S/C15H21N3O5/c1-22-15(19)10-23-14-5-4-11(7-13(14)18(20)21)8-17-6-2-3-12(16)9-17/h4-5,7,12H,2-3,6,8-10,16H2,1H3. The van der Waals surface area contributed by atoms with Gasteiger partial charge in [0.25, 0.3) is 0 Å². The van der Waals surface area contributed by atoms with Crippen molar-refractivity contribution in [3.63, 3.8) is 0 Å². The van der Waals surface area contributed by atoms with Crippen LogP contribution in [-0.2, 0) is 16.1 Å². The van der Waals surface area contributed by atoms with E-state index in [0.29, 0.717) is 6.54 Å². The minimum atomic E-state index is -0.592. The van der Waals surface area contributed by atoms with Crippen LogP contribution in [0.25, 0.3) is 0 Å². The first-order valence-corrected chi connectivity index (χ1v) is 7.44.